The topological polar surface area (TPSA) is 110 Å². The van der Waals surface area contributed by atoms with E-state index < -0.39 is 24.5 Å². The molecule has 0 atom stereocenters. The van der Waals surface area contributed by atoms with E-state index in [1.807, 2.05) is 0 Å². The Morgan fingerprint density at radius 1 is 1.11 bits per heavy atom. The quantitative estimate of drug-likeness (QED) is 0.681. The predicted octanol–water partition coefficient (Wildman–Crippen LogP) is 3.61. The van der Waals surface area contributed by atoms with Crippen LogP contribution in [0.1, 0.15) is 44.7 Å². The summed E-state index contributed by atoms with van der Waals surface area (Å²) in [6.07, 6.45) is 0. The summed E-state index contributed by atoms with van der Waals surface area (Å²) in [6, 6.07) is 1.45. The number of carbonyl (C=O) groups is 3. The van der Waals surface area contributed by atoms with Gasteiger partial charge in [0.25, 0.3) is 5.91 Å². The number of aromatic nitrogens is 2. The minimum Gasteiger partial charge on any atom is -0.462 e. The van der Waals surface area contributed by atoms with Crippen LogP contribution in [0.4, 0.5) is 5.82 Å². The molecule has 150 valence electrons. The maximum absolute atomic E-state index is 12.3. The zero-order valence-corrected chi connectivity index (χ0v) is 17.2. The molecule has 0 aliphatic heterocycles. The molecule has 0 bridgehead atoms. The third kappa shape index (κ3) is 4.82. The Labute approximate surface area is 171 Å². The van der Waals surface area contributed by atoms with Crippen LogP contribution in [-0.2, 0) is 14.3 Å². The molecule has 0 saturated carbocycles. The van der Waals surface area contributed by atoms with Gasteiger partial charge in [-0.2, -0.15) is 0 Å². The maximum atomic E-state index is 12.3. The van der Waals surface area contributed by atoms with E-state index in [2.05, 4.69) is 15.3 Å². The highest BCUT2D eigenvalue weighted by Crippen LogP contribution is 2.25. The monoisotopic (exact) mass is 427 g/mol. The molecule has 2 heterocycles. The Balaban J connectivity index is 2.04. The minimum absolute atomic E-state index is 0.0758. The normalized spacial score (nSPS) is 10.5. The molecule has 2 aromatic heterocycles. The van der Waals surface area contributed by atoms with Crippen molar-refractivity contribution in [1.82, 2.24) is 9.97 Å². The molecule has 28 heavy (non-hydrogen) atoms. The number of anilines is 1. The van der Waals surface area contributed by atoms with E-state index in [0.29, 0.717) is 22.0 Å². The molecule has 0 saturated heterocycles. The highest BCUT2D eigenvalue weighted by Gasteiger charge is 2.24. The van der Waals surface area contributed by atoms with Crippen molar-refractivity contribution in [2.24, 2.45) is 0 Å². The average Bonchev–Trinajstić information content (AvgIpc) is 2.92. The molecule has 10 heteroatoms. The van der Waals surface area contributed by atoms with Crippen molar-refractivity contribution >= 4 is 46.9 Å². The average molecular weight is 428 g/mol. The van der Waals surface area contributed by atoms with Gasteiger partial charge in [-0.05, 0) is 39.3 Å². The molecule has 2 rings (SSSR count). The number of carbonyl (C=O) groups excluding carboxylic acids is 3. The molecule has 2 N–H and O–H groups in total. The summed E-state index contributed by atoms with van der Waals surface area (Å²) < 4.78 is 9.99. The molecule has 0 radical (unpaired) electrons. The Hall–Kier alpha value is -2.58. The third-order valence-corrected chi connectivity index (χ3v) is 4.49. The zero-order valence-electron chi connectivity index (χ0n) is 15.7. The number of halogens is 2. The van der Waals surface area contributed by atoms with Gasteiger partial charge >= 0.3 is 11.9 Å². The highest BCUT2D eigenvalue weighted by molar-refractivity contribution is 6.36. The second-order valence-corrected chi connectivity index (χ2v) is 6.67. The van der Waals surface area contributed by atoms with Gasteiger partial charge < -0.3 is 19.8 Å². The Kier molecular flexibility index (Phi) is 7.04. The van der Waals surface area contributed by atoms with Crippen LogP contribution >= 0.6 is 23.2 Å². The fourth-order valence-electron chi connectivity index (χ4n) is 2.48. The molecule has 8 nitrogen and oxygen atoms in total. The summed E-state index contributed by atoms with van der Waals surface area (Å²) in [4.78, 5) is 43.2. The van der Waals surface area contributed by atoms with E-state index in [1.54, 1.807) is 27.7 Å². The van der Waals surface area contributed by atoms with Gasteiger partial charge in [-0.1, -0.05) is 23.2 Å². The van der Waals surface area contributed by atoms with Crippen LogP contribution in [0.2, 0.25) is 10.0 Å². The van der Waals surface area contributed by atoms with Gasteiger partial charge in [-0.3, -0.25) is 4.79 Å². The number of hydrogen-bond donors (Lipinski definition) is 2. The van der Waals surface area contributed by atoms with Gasteiger partial charge in [-0.25, -0.2) is 14.6 Å². The number of amides is 1. The molecule has 0 fully saturated rings. The molecule has 0 unspecified atom stereocenters. The van der Waals surface area contributed by atoms with Crippen LogP contribution in [0.3, 0.4) is 0 Å². The summed E-state index contributed by atoms with van der Waals surface area (Å²) in [7, 11) is 0. The summed E-state index contributed by atoms with van der Waals surface area (Å²) in [5, 5.41) is 2.97. The second kappa shape index (κ2) is 9.07. The SMILES string of the molecule is CCOC(=O)c1c(C)[nH]c(C(=O)OCC(=O)Nc2nc(C)c(Cl)cc2Cl)c1C. The largest absolute Gasteiger partial charge is 0.462 e. The van der Waals surface area contributed by atoms with Crippen molar-refractivity contribution in [2.75, 3.05) is 18.5 Å². The molecule has 1 amide bonds. The van der Waals surface area contributed by atoms with Crippen molar-refractivity contribution < 1.29 is 23.9 Å². The number of H-pyrrole nitrogens is 1. The first-order valence-electron chi connectivity index (χ1n) is 8.31. The predicted molar refractivity (Wildman–Crippen MR) is 104 cm³/mol. The summed E-state index contributed by atoms with van der Waals surface area (Å²) in [6.45, 7) is 6.22. The summed E-state index contributed by atoms with van der Waals surface area (Å²) >= 11 is 11.9. The van der Waals surface area contributed by atoms with E-state index in [1.165, 1.54) is 6.07 Å². The van der Waals surface area contributed by atoms with Crippen LogP contribution in [0.15, 0.2) is 6.07 Å². The fourth-order valence-corrected chi connectivity index (χ4v) is 2.89. The number of ether oxygens (including phenoxy) is 2. The van der Waals surface area contributed by atoms with Crippen LogP contribution < -0.4 is 5.32 Å². The van der Waals surface area contributed by atoms with Gasteiger partial charge in [0.05, 0.1) is 27.9 Å². The third-order valence-electron chi connectivity index (χ3n) is 3.82. The molecule has 0 aliphatic rings. The van der Waals surface area contributed by atoms with E-state index in [-0.39, 0.29) is 28.7 Å². The standard InChI is InChI=1S/C18H19Cl2N3O5/c1-5-27-17(25)14-8(2)15(21-10(14)4)18(26)28-7-13(24)23-16-12(20)6-11(19)9(3)22-16/h6,21H,5,7H2,1-4H3,(H,22,23,24). The molecular weight excluding hydrogens is 409 g/mol. The Morgan fingerprint density at radius 2 is 1.79 bits per heavy atom. The van der Waals surface area contributed by atoms with Crippen molar-refractivity contribution in [3.63, 3.8) is 0 Å². The molecular formula is C18H19Cl2N3O5. The van der Waals surface area contributed by atoms with Crippen LogP contribution in [0.5, 0.6) is 0 Å². The molecule has 0 aromatic carbocycles. The number of pyridine rings is 1. The number of nitrogens with one attached hydrogen (secondary N) is 2. The first-order chi connectivity index (χ1) is 13.1. The van der Waals surface area contributed by atoms with Crippen molar-refractivity contribution in [2.45, 2.75) is 27.7 Å². The lowest BCUT2D eigenvalue weighted by atomic mass is 10.1. The van der Waals surface area contributed by atoms with E-state index >= 15 is 0 Å². The lowest BCUT2D eigenvalue weighted by molar-refractivity contribution is -0.119. The molecule has 0 aliphatic carbocycles. The van der Waals surface area contributed by atoms with Crippen LogP contribution in [0.25, 0.3) is 0 Å². The fraction of sp³-hybridized carbons (Fsp3) is 0.333. The van der Waals surface area contributed by atoms with Gasteiger partial charge in [0.2, 0.25) is 0 Å². The van der Waals surface area contributed by atoms with E-state index in [0.717, 1.165) is 0 Å². The number of aromatic amines is 1. The van der Waals surface area contributed by atoms with Crippen molar-refractivity contribution in [1.29, 1.82) is 0 Å². The van der Waals surface area contributed by atoms with Gasteiger partial charge in [0.15, 0.2) is 12.4 Å². The Bertz CT molecular complexity index is 940. The maximum Gasteiger partial charge on any atom is 0.355 e. The van der Waals surface area contributed by atoms with E-state index in [9.17, 15) is 14.4 Å². The Morgan fingerprint density at radius 3 is 2.43 bits per heavy atom. The number of nitrogens with zero attached hydrogens (tertiary/aromatic N) is 1. The summed E-state index contributed by atoms with van der Waals surface area (Å²) in [5.41, 5.74) is 1.69. The first-order valence-corrected chi connectivity index (χ1v) is 9.07. The van der Waals surface area contributed by atoms with Crippen molar-refractivity contribution in [3.8, 4) is 0 Å². The highest BCUT2D eigenvalue weighted by atomic mass is 35.5. The number of hydrogen-bond acceptors (Lipinski definition) is 6. The second-order valence-electron chi connectivity index (χ2n) is 5.86. The van der Waals surface area contributed by atoms with Gasteiger partial charge in [0, 0.05) is 5.69 Å². The van der Waals surface area contributed by atoms with Gasteiger partial charge in [0.1, 0.15) is 5.69 Å². The van der Waals surface area contributed by atoms with Crippen LogP contribution in [-0.4, -0.2) is 41.0 Å². The summed E-state index contributed by atoms with van der Waals surface area (Å²) in [5.74, 6) is -1.83. The molecule has 0 spiro atoms. The van der Waals surface area contributed by atoms with Gasteiger partial charge in [-0.15, -0.1) is 0 Å². The lowest BCUT2D eigenvalue weighted by Gasteiger charge is -2.09. The van der Waals surface area contributed by atoms with Crippen molar-refractivity contribution in [3.05, 3.63) is 44.3 Å². The number of esters is 2. The smallest absolute Gasteiger partial charge is 0.355 e. The first kappa shape index (κ1) is 21.7. The zero-order chi connectivity index (χ0) is 21.0. The number of aryl methyl sites for hydroxylation is 2. The number of rotatable bonds is 6. The van der Waals surface area contributed by atoms with Crippen LogP contribution in [0, 0.1) is 20.8 Å². The minimum atomic E-state index is -0.780. The molecule has 2 aromatic rings. The van der Waals surface area contributed by atoms with E-state index in [4.69, 9.17) is 32.7 Å². The lowest BCUT2D eigenvalue weighted by Crippen LogP contribution is -2.22.